The van der Waals surface area contributed by atoms with Crippen LogP contribution in [0.5, 0.6) is 0 Å². The Bertz CT molecular complexity index is 873. The molecule has 1 N–H and O–H groups in total. The number of nitrogens with zero attached hydrogens (tertiary/aromatic N) is 2. The number of carbonyl (C=O) groups is 1. The van der Waals surface area contributed by atoms with E-state index in [0.29, 0.717) is 12.2 Å². The Morgan fingerprint density at radius 3 is 2.67 bits per heavy atom. The standard InChI is InChI=1S/C18H17N3O2S/c1-13(18(23)19-12-15-8-5-11-24-15)21-17(22)10-9-16(20-21)14-6-3-2-4-7-14/h2-11,13H,12H2,1H3,(H,19,23). The van der Waals surface area contributed by atoms with Crippen molar-refractivity contribution in [3.8, 4) is 11.3 Å². The number of amides is 1. The predicted octanol–water partition coefficient (Wildman–Crippen LogP) is 2.85. The molecule has 1 amide bonds. The third-order valence-electron chi connectivity index (χ3n) is 3.66. The maximum Gasteiger partial charge on any atom is 0.267 e. The highest BCUT2D eigenvalue weighted by Gasteiger charge is 2.17. The number of hydrogen-bond acceptors (Lipinski definition) is 4. The smallest absolute Gasteiger partial charge is 0.267 e. The minimum absolute atomic E-state index is 0.233. The zero-order chi connectivity index (χ0) is 16.9. The van der Waals surface area contributed by atoms with Crippen LogP contribution in [-0.2, 0) is 11.3 Å². The molecule has 0 fully saturated rings. The Kier molecular flexibility index (Phi) is 4.86. The molecule has 0 saturated heterocycles. The van der Waals surface area contributed by atoms with Crippen LogP contribution < -0.4 is 10.9 Å². The van der Waals surface area contributed by atoms with Gasteiger partial charge >= 0.3 is 0 Å². The summed E-state index contributed by atoms with van der Waals surface area (Å²) in [4.78, 5) is 25.5. The largest absolute Gasteiger partial charge is 0.349 e. The van der Waals surface area contributed by atoms with E-state index < -0.39 is 6.04 Å². The number of carbonyl (C=O) groups excluding carboxylic acids is 1. The second kappa shape index (κ2) is 7.23. The van der Waals surface area contributed by atoms with Gasteiger partial charge in [-0.15, -0.1) is 11.3 Å². The zero-order valence-corrected chi connectivity index (χ0v) is 14.0. The Morgan fingerprint density at radius 2 is 1.96 bits per heavy atom. The van der Waals surface area contributed by atoms with Crippen LogP contribution in [0.3, 0.4) is 0 Å². The first-order valence-electron chi connectivity index (χ1n) is 7.60. The summed E-state index contributed by atoms with van der Waals surface area (Å²) < 4.78 is 1.23. The van der Waals surface area contributed by atoms with Crippen LogP contribution in [0, 0.1) is 0 Å². The molecule has 0 bridgehead atoms. The molecule has 1 atom stereocenters. The third kappa shape index (κ3) is 3.60. The van der Waals surface area contributed by atoms with Gasteiger partial charge in [0.2, 0.25) is 5.91 Å². The molecule has 0 spiro atoms. The predicted molar refractivity (Wildman–Crippen MR) is 94.8 cm³/mol. The van der Waals surface area contributed by atoms with Gasteiger partial charge in [-0.1, -0.05) is 36.4 Å². The second-order valence-electron chi connectivity index (χ2n) is 5.34. The summed E-state index contributed by atoms with van der Waals surface area (Å²) in [6.45, 7) is 2.13. The molecule has 2 heterocycles. The Morgan fingerprint density at radius 1 is 1.17 bits per heavy atom. The summed E-state index contributed by atoms with van der Waals surface area (Å²) in [7, 11) is 0. The van der Waals surface area contributed by atoms with Gasteiger partial charge in [-0.3, -0.25) is 9.59 Å². The van der Waals surface area contributed by atoms with Crippen molar-refractivity contribution in [2.45, 2.75) is 19.5 Å². The van der Waals surface area contributed by atoms with E-state index in [0.717, 1.165) is 10.4 Å². The molecule has 3 aromatic rings. The lowest BCUT2D eigenvalue weighted by Gasteiger charge is -2.14. The lowest BCUT2D eigenvalue weighted by molar-refractivity contribution is -0.124. The first kappa shape index (κ1) is 16.1. The van der Waals surface area contributed by atoms with Gasteiger partial charge in [-0.25, -0.2) is 4.68 Å². The van der Waals surface area contributed by atoms with Crippen molar-refractivity contribution in [2.24, 2.45) is 0 Å². The van der Waals surface area contributed by atoms with Gasteiger partial charge in [0.05, 0.1) is 12.2 Å². The van der Waals surface area contributed by atoms with Crippen LogP contribution in [0.25, 0.3) is 11.3 Å². The molecule has 1 aromatic carbocycles. The van der Waals surface area contributed by atoms with Gasteiger partial charge in [0, 0.05) is 16.5 Å². The van der Waals surface area contributed by atoms with Crippen LogP contribution in [0.2, 0.25) is 0 Å². The molecule has 0 radical (unpaired) electrons. The fourth-order valence-corrected chi connectivity index (χ4v) is 2.96. The lowest BCUT2D eigenvalue weighted by atomic mass is 10.1. The molecular formula is C18H17N3O2S. The van der Waals surface area contributed by atoms with E-state index in [2.05, 4.69) is 10.4 Å². The summed E-state index contributed by atoms with van der Waals surface area (Å²) in [6.07, 6.45) is 0. The highest BCUT2D eigenvalue weighted by atomic mass is 32.1. The number of thiophene rings is 1. The first-order chi connectivity index (χ1) is 11.6. The van der Waals surface area contributed by atoms with Crippen molar-refractivity contribution in [3.05, 3.63) is 75.2 Å². The summed E-state index contributed by atoms with van der Waals surface area (Å²) in [6, 6.07) is 15.9. The third-order valence-corrected chi connectivity index (χ3v) is 4.53. The first-order valence-corrected chi connectivity index (χ1v) is 8.48. The van der Waals surface area contributed by atoms with E-state index >= 15 is 0 Å². The Hall–Kier alpha value is -2.73. The molecule has 0 aliphatic carbocycles. The van der Waals surface area contributed by atoms with Crippen molar-refractivity contribution in [1.29, 1.82) is 0 Å². The Labute approximate surface area is 143 Å². The maximum atomic E-state index is 12.3. The van der Waals surface area contributed by atoms with E-state index in [1.807, 2.05) is 47.8 Å². The molecule has 0 saturated carbocycles. The fourth-order valence-electron chi connectivity index (χ4n) is 2.31. The summed E-state index contributed by atoms with van der Waals surface area (Å²) in [5.41, 5.74) is 1.26. The summed E-state index contributed by atoms with van der Waals surface area (Å²) in [5, 5.41) is 9.15. The van der Waals surface area contributed by atoms with E-state index in [1.165, 1.54) is 10.7 Å². The molecule has 2 aromatic heterocycles. The number of nitrogens with one attached hydrogen (secondary N) is 1. The van der Waals surface area contributed by atoms with Crippen molar-refractivity contribution in [2.75, 3.05) is 0 Å². The average Bonchev–Trinajstić information content (AvgIpc) is 3.14. The summed E-state index contributed by atoms with van der Waals surface area (Å²) >= 11 is 1.58. The molecule has 1 unspecified atom stereocenters. The number of rotatable bonds is 5. The zero-order valence-electron chi connectivity index (χ0n) is 13.2. The van der Waals surface area contributed by atoms with Gasteiger partial charge in [-0.05, 0) is 24.4 Å². The molecule has 3 rings (SSSR count). The van der Waals surface area contributed by atoms with Gasteiger partial charge in [0.25, 0.3) is 5.56 Å². The molecular weight excluding hydrogens is 322 g/mol. The highest BCUT2D eigenvalue weighted by Crippen LogP contribution is 2.15. The van der Waals surface area contributed by atoms with Gasteiger partial charge in [0.15, 0.2) is 0 Å². The van der Waals surface area contributed by atoms with Crippen LogP contribution in [0.15, 0.2) is 64.8 Å². The minimum atomic E-state index is -0.680. The van der Waals surface area contributed by atoms with Crippen LogP contribution in [0.4, 0.5) is 0 Å². The monoisotopic (exact) mass is 339 g/mol. The molecule has 122 valence electrons. The van der Waals surface area contributed by atoms with Crippen LogP contribution in [0.1, 0.15) is 17.8 Å². The van der Waals surface area contributed by atoms with Gasteiger partial charge in [0.1, 0.15) is 6.04 Å². The molecule has 5 nitrogen and oxygen atoms in total. The maximum absolute atomic E-state index is 12.3. The van der Waals surface area contributed by atoms with E-state index in [4.69, 9.17) is 0 Å². The van der Waals surface area contributed by atoms with Gasteiger partial charge in [-0.2, -0.15) is 5.10 Å². The SMILES string of the molecule is CC(C(=O)NCc1cccs1)n1nc(-c2ccccc2)ccc1=O. The van der Waals surface area contributed by atoms with Gasteiger partial charge < -0.3 is 5.32 Å². The topological polar surface area (TPSA) is 64.0 Å². The summed E-state index contributed by atoms with van der Waals surface area (Å²) in [5.74, 6) is -0.233. The molecule has 6 heteroatoms. The molecule has 0 aliphatic heterocycles. The van der Waals surface area contributed by atoms with Crippen molar-refractivity contribution < 1.29 is 4.79 Å². The molecule has 0 aliphatic rings. The number of benzene rings is 1. The normalized spacial score (nSPS) is 11.9. The van der Waals surface area contributed by atoms with Crippen molar-refractivity contribution in [1.82, 2.24) is 15.1 Å². The fraction of sp³-hybridized carbons (Fsp3) is 0.167. The second-order valence-corrected chi connectivity index (χ2v) is 6.37. The average molecular weight is 339 g/mol. The van der Waals surface area contributed by atoms with E-state index in [9.17, 15) is 9.59 Å². The van der Waals surface area contributed by atoms with Crippen LogP contribution >= 0.6 is 11.3 Å². The van der Waals surface area contributed by atoms with E-state index in [-0.39, 0.29) is 11.5 Å². The van der Waals surface area contributed by atoms with Crippen molar-refractivity contribution in [3.63, 3.8) is 0 Å². The lowest BCUT2D eigenvalue weighted by Crippen LogP contribution is -2.36. The quantitative estimate of drug-likeness (QED) is 0.777. The van der Waals surface area contributed by atoms with Crippen molar-refractivity contribution >= 4 is 17.2 Å². The number of aromatic nitrogens is 2. The van der Waals surface area contributed by atoms with E-state index in [1.54, 1.807) is 24.3 Å². The Balaban J connectivity index is 1.80. The number of hydrogen-bond donors (Lipinski definition) is 1. The molecule has 24 heavy (non-hydrogen) atoms. The highest BCUT2D eigenvalue weighted by molar-refractivity contribution is 7.09. The van der Waals surface area contributed by atoms with Crippen LogP contribution in [-0.4, -0.2) is 15.7 Å². The minimum Gasteiger partial charge on any atom is -0.349 e.